The molecule has 0 spiro atoms. The second-order valence-electron chi connectivity index (χ2n) is 3.95. The molecule has 0 bridgehead atoms. The lowest BCUT2D eigenvalue weighted by molar-refractivity contribution is 0.304. The fourth-order valence-corrected chi connectivity index (χ4v) is 2.07. The zero-order valence-corrected chi connectivity index (χ0v) is 7.86. The molecule has 13 heavy (non-hydrogen) atoms. The Labute approximate surface area is 77.5 Å². The Hall–Kier alpha value is -1.06. The van der Waals surface area contributed by atoms with Gasteiger partial charge in [-0.15, -0.1) is 5.10 Å². The number of hydrogen-bond donors (Lipinski definition) is 1. The molecule has 0 unspecified atom stereocenters. The van der Waals surface area contributed by atoms with Crippen molar-refractivity contribution in [2.45, 2.75) is 38.5 Å². The topological polar surface area (TPSA) is 64.9 Å². The molecule has 1 aliphatic carbocycles. The van der Waals surface area contributed by atoms with E-state index in [2.05, 4.69) is 17.1 Å². The number of nitrogen functional groups attached to an aromatic ring is 1. The summed E-state index contributed by atoms with van der Waals surface area (Å²) in [6, 6.07) is 0.188. The minimum atomic E-state index is 0.188. The van der Waals surface area contributed by atoms with E-state index >= 15 is 0 Å². The summed E-state index contributed by atoms with van der Waals surface area (Å²) in [5.74, 6) is 1.93. The fourth-order valence-electron chi connectivity index (χ4n) is 2.07. The number of nitrogens with zero attached hydrogens (tertiary/aromatic N) is 2. The van der Waals surface area contributed by atoms with Crippen LogP contribution in [-0.2, 0) is 0 Å². The quantitative estimate of drug-likeness (QED) is 0.719. The Morgan fingerprint density at radius 3 is 2.85 bits per heavy atom. The maximum atomic E-state index is 5.38. The smallest absolute Gasteiger partial charge is 0.312 e. The zero-order valence-electron chi connectivity index (χ0n) is 7.86. The van der Waals surface area contributed by atoms with E-state index in [1.807, 2.05) is 0 Å². The van der Waals surface area contributed by atoms with Crippen molar-refractivity contribution in [1.82, 2.24) is 10.2 Å². The molecule has 0 saturated heterocycles. The van der Waals surface area contributed by atoms with Crippen LogP contribution in [0.5, 0.6) is 0 Å². The molecule has 4 heteroatoms. The van der Waals surface area contributed by atoms with Crippen molar-refractivity contribution < 1.29 is 4.42 Å². The number of hydrogen-bond acceptors (Lipinski definition) is 4. The van der Waals surface area contributed by atoms with Gasteiger partial charge < -0.3 is 10.2 Å². The first-order chi connectivity index (χ1) is 6.25. The molecule has 1 aromatic heterocycles. The molecule has 2 rings (SSSR count). The van der Waals surface area contributed by atoms with E-state index in [1.165, 1.54) is 12.8 Å². The van der Waals surface area contributed by atoms with Crippen molar-refractivity contribution in [3.05, 3.63) is 5.89 Å². The second kappa shape index (κ2) is 3.36. The van der Waals surface area contributed by atoms with Crippen LogP contribution >= 0.6 is 0 Å². The second-order valence-corrected chi connectivity index (χ2v) is 3.95. The zero-order chi connectivity index (χ0) is 9.26. The number of aromatic nitrogens is 2. The van der Waals surface area contributed by atoms with E-state index in [0.29, 0.717) is 5.92 Å². The summed E-state index contributed by atoms with van der Waals surface area (Å²) in [5, 5.41) is 7.61. The van der Waals surface area contributed by atoms with Crippen molar-refractivity contribution in [2.75, 3.05) is 5.73 Å². The molecule has 2 atom stereocenters. The molecular weight excluding hydrogens is 166 g/mol. The third kappa shape index (κ3) is 1.82. The van der Waals surface area contributed by atoms with E-state index in [1.54, 1.807) is 0 Å². The van der Waals surface area contributed by atoms with Gasteiger partial charge in [-0.05, 0) is 18.8 Å². The van der Waals surface area contributed by atoms with E-state index in [4.69, 9.17) is 10.2 Å². The van der Waals surface area contributed by atoms with E-state index in [9.17, 15) is 0 Å². The fraction of sp³-hybridized carbons (Fsp3) is 0.778. The molecular formula is C9H15N3O. The van der Waals surface area contributed by atoms with Gasteiger partial charge in [-0.3, -0.25) is 0 Å². The predicted octanol–water partition coefficient (Wildman–Crippen LogP) is 1.95. The average Bonchev–Trinajstić information content (AvgIpc) is 2.52. The standard InChI is InChI=1S/C9H15N3O/c1-6-3-2-4-7(5-6)8-11-12-9(10)13-8/h6-7H,2-5H2,1H3,(H2,10,12)/t6-,7-/m1/s1. The van der Waals surface area contributed by atoms with Crippen LogP contribution in [0.1, 0.15) is 44.4 Å². The molecule has 1 saturated carbocycles. The third-order valence-electron chi connectivity index (χ3n) is 2.74. The van der Waals surface area contributed by atoms with Crippen molar-refractivity contribution in [3.8, 4) is 0 Å². The molecule has 1 aliphatic rings. The minimum absolute atomic E-state index is 0.188. The molecule has 4 nitrogen and oxygen atoms in total. The first-order valence-corrected chi connectivity index (χ1v) is 4.84. The minimum Gasteiger partial charge on any atom is -0.408 e. The summed E-state index contributed by atoms with van der Waals surface area (Å²) in [4.78, 5) is 0. The first-order valence-electron chi connectivity index (χ1n) is 4.84. The van der Waals surface area contributed by atoms with Crippen LogP contribution in [0.4, 0.5) is 6.01 Å². The average molecular weight is 181 g/mol. The summed E-state index contributed by atoms with van der Waals surface area (Å²) in [7, 11) is 0. The van der Waals surface area contributed by atoms with E-state index in [-0.39, 0.29) is 6.01 Å². The lowest BCUT2D eigenvalue weighted by atomic mass is 9.82. The van der Waals surface area contributed by atoms with Crippen LogP contribution < -0.4 is 5.73 Å². The van der Waals surface area contributed by atoms with Gasteiger partial charge in [0.2, 0.25) is 5.89 Å². The predicted molar refractivity (Wildman–Crippen MR) is 49.1 cm³/mol. The van der Waals surface area contributed by atoms with E-state index < -0.39 is 0 Å². The Morgan fingerprint density at radius 2 is 2.23 bits per heavy atom. The molecule has 0 amide bonds. The Kier molecular flexibility index (Phi) is 2.20. The Morgan fingerprint density at radius 1 is 1.38 bits per heavy atom. The van der Waals surface area contributed by atoms with Gasteiger partial charge in [0.05, 0.1) is 0 Å². The number of nitrogens with two attached hydrogens (primary N) is 1. The number of anilines is 1. The summed E-state index contributed by atoms with van der Waals surface area (Å²) in [6.45, 7) is 2.27. The van der Waals surface area contributed by atoms with Crippen molar-refractivity contribution in [3.63, 3.8) is 0 Å². The van der Waals surface area contributed by atoms with Crippen LogP contribution in [0.15, 0.2) is 4.42 Å². The SMILES string of the molecule is C[C@@H]1CCC[C@@H](c2nnc(N)o2)C1. The monoisotopic (exact) mass is 181 g/mol. The molecule has 0 aliphatic heterocycles. The molecule has 1 heterocycles. The van der Waals surface area contributed by atoms with Gasteiger partial charge in [-0.2, -0.15) is 0 Å². The van der Waals surface area contributed by atoms with Crippen LogP contribution in [0, 0.1) is 5.92 Å². The lowest BCUT2D eigenvalue weighted by Crippen LogP contribution is -2.11. The van der Waals surface area contributed by atoms with Gasteiger partial charge in [-0.25, -0.2) is 0 Å². The number of rotatable bonds is 1. The van der Waals surface area contributed by atoms with Gasteiger partial charge >= 0.3 is 6.01 Å². The highest BCUT2D eigenvalue weighted by Crippen LogP contribution is 2.35. The Bertz CT molecular complexity index is 284. The highest BCUT2D eigenvalue weighted by molar-refractivity contribution is 5.07. The summed E-state index contributed by atoms with van der Waals surface area (Å²) < 4.78 is 5.23. The van der Waals surface area contributed by atoms with Gasteiger partial charge in [0.25, 0.3) is 0 Å². The summed E-state index contributed by atoms with van der Waals surface area (Å²) >= 11 is 0. The summed E-state index contributed by atoms with van der Waals surface area (Å²) in [6.07, 6.45) is 4.89. The van der Waals surface area contributed by atoms with Crippen molar-refractivity contribution in [1.29, 1.82) is 0 Å². The molecule has 1 fully saturated rings. The van der Waals surface area contributed by atoms with Crippen LogP contribution in [0.2, 0.25) is 0 Å². The largest absolute Gasteiger partial charge is 0.408 e. The van der Waals surface area contributed by atoms with Crippen LogP contribution in [0.25, 0.3) is 0 Å². The normalized spacial score (nSPS) is 29.0. The molecule has 1 aromatic rings. The third-order valence-corrected chi connectivity index (χ3v) is 2.74. The van der Waals surface area contributed by atoms with Crippen LogP contribution in [-0.4, -0.2) is 10.2 Å². The van der Waals surface area contributed by atoms with Gasteiger partial charge in [0.1, 0.15) is 0 Å². The van der Waals surface area contributed by atoms with Crippen molar-refractivity contribution >= 4 is 6.01 Å². The summed E-state index contributed by atoms with van der Waals surface area (Å²) in [5.41, 5.74) is 5.38. The van der Waals surface area contributed by atoms with E-state index in [0.717, 1.165) is 24.7 Å². The molecule has 0 aromatic carbocycles. The maximum Gasteiger partial charge on any atom is 0.312 e. The van der Waals surface area contributed by atoms with Gasteiger partial charge in [0.15, 0.2) is 0 Å². The van der Waals surface area contributed by atoms with Crippen molar-refractivity contribution in [2.24, 2.45) is 5.92 Å². The highest BCUT2D eigenvalue weighted by Gasteiger charge is 2.24. The highest BCUT2D eigenvalue weighted by atomic mass is 16.4. The Balaban J connectivity index is 2.08. The first kappa shape index (κ1) is 8.53. The molecule has 0 radical (unpaired) electrons. The van der Waals surface area contributed by atoms with Gasteiger partial charge in [-0.1, -0.05) is 24.9 Å². The molecule has 2 N–H and O–H groups in total. The lowest BCUT2D eigenvalue weighted by Gasteiger charge is -2.23. The van der Waals surface area contributed by atoms with Crippen LogP contribution in [0.3, 0.4) is 0 Å². The van der Waals surface area contributed by atoms with Gasteiger partial charge in [0, 0.05) is 5.92 Å². The maximum absolute atomic E-state index is 5.38. The molecule has 72 valence electrons.